The maximum absolute atomic E-state index is 12.4. The van der Waals surface area contributed by atoms with Crippen LogP contribution in [0, 0.1) is 5.41 Å². The van der Waals surface area contributed by atoms with Crippen molar-refractivity contribution in [1.82, 2.24) is 0 Å². The van der Waals surface area contributed by atoms with E-state index < -0.39 is 0 Å². The largest absolute Gasteiger partial charge is 0.294 e. The van der Waals surface area contributed by atoms with Gasteiger partial charge in [0, 0.05) is 12.0 Å². The van der Waals surface area contributed by atoms with Gasteiger partial charge in [0.1, 0.15) is 0 Å². The van der Waals surface area contributed by atoms with Crippen LogP contribution in [0.1, 0.15) is 67.6 Å². The van der Waals surface area contributed by atoms with Crippen molar-refractivity contribution in [3.63, 3.8) is 0 Å². The Balaban J connectivity index is 2.49. The molecule has 0 saturated carbocycles. The Morgan fingerprint density at radius 2 is 1.72 bits per heavy atom. The van der Waals surface area contributed by atoms with Crippen LogP contribution in [0.2, 0.25) is 0 Å². The first-order valence-electron chi connectivity index (χ1n) is 7.14. The van der Waals surface area contributed by atoms with Gasteiger partial charge in [-0.3, -0.25) is 4.79 Å². The number of benzene rings is 1. The average Bonchev–Trinajstić information content (AvgIpc) is 2.44. The van der Waals surface area contributed by atoms with Crippen molar-refractivity contribution in [3.05, 3.63) is 34.4 Å². The molecule has 2 rings (SSSR count). The fraction of sp³-hybridized carbons (Fsp3) is 0.588. The van der Waals surface area contributed by atoms with Crippen molar-refractivity contribution in [3.8, 4) is 0 Å². The Labute approximate surface area is 111 Å². The van der Waals surface area contributed by atoms with Gasteiger partial charge in [0.25, 0.3) is 0 Å². The van der Waals surface area contributed by atoms with Crippen LogP contribution in [0.15, 0.2) is 12.1 Å². The number of carbonyl (C=O) groups is 1. The van der Waals surface area contributed by atoms with E-state index in [9.17, 15) is 4.79 Å². The molecule has 0 N–H and O–H groups in total. The van der Waals surface area contributed by atoms with Crippen LogP contribution in [-0.4, -0.2) is 5.78 Å². The number of aryl methyl sites for hydroxylation is 3. The highest BCUT2D eigenvalue weighted by molar-refractivity contribution is 5.98. The van der Waals surface area contributed by atoms with Gasteiger partial charge >= 0.3 is 0 Å². The first-order chi connectivity index (χ1) is 8.46. The first kappa shape index (κ1) is 13.3. The molecule has 1 aromatic rings. The Hall–Kier alpha value is -1.11. The molecule has 0 heterocycles. The second kappa shape index (κ2) is 4.87. The number of hydrogen-bond donors (Lipinski definition) is 0. The monoisotopic (exact) mass is 244 g/mol. The summed E-state index contributed by atoms with van der Waals surface area (Å²) in [6, 6.07) is 4.45. The van der Waals surface area contributed by atoms with Crippen molar-refractivity contribution >= 4 is 5.78 Å². The molecule has 0 atom stereocenters. The topological polar surface area (TPSA) is 17.1 Å². The maximum atomic E-state index is 12.4. The second-order valence-electron chi connectivity index (χ2n) is 6.25. The number of ketones is 1. The van der Waals surface area contributed by atoms with Gasteiger partial charge in [0.05, 0.1) is 0 Å². The van der Waals surface area contributed by atoms with E-state index in [2.05, 4.69) is 39.8 Å². The van der Waals surface area contributed by atoms with E-state index >= 15 is 0 Å². The third kappa shape index (κ3) is 2.50. The van der Waals surface area contributed by atoms with Crippen molar-refractivity contribution in [2.24, 2.45) is 5.41 Å². The van der Waals surface area contributed by atoms with E-state index in [-0.39, 0.29) is 5.41 Å². The van der Waals surface area contributed by atoms with Crippen molar-refractivity contribution in [2.75, 3.05) is 0 Å². The minimum Gasteiger partial charge on any atom is -0.294 e. The smallest absolute Gasteiger partial charge is 0.163 e. The lowest BCUT2D eigenvalue weighted by Crippen LogP contribution is -2.14. The molecule has 0 fully saturated rings. The predicted molar refractivity (Wildman–Crippen MR) is 76.2 cm³/mol. The van der Waals surface area contributed by atoms with Gasteiger partial charge in [-0.05, 0) is 53.9 Å². The van der Waals surface area contributed by atoms with Gasteiger partial charge in [-0.2, -0.15) is 0 Å². The van der Waals surface area contributed by atoms with Crippen molar-refractivity contribution in [1.29, 1.82) is 0 Å². The number of rotatable bonds is 2. The summed E-state index contributed by atoms with van der Waals surface area (Å²) in [5.41, 5.74) is 5.19. The fourth-order valence-electron chi connectivity index (χ4n) is 2.96. The Bertz CT molecular complexity index is 469. The van der Waals surface area contributed by atoms with Crippen LogP contribution < -0.4 is 0 Å². The highest BCUT2D eigenvalue weighted by Gasteiger charge is 2.28. The number of Topliss-reactive ketones (excluding diaryl/α,β-unsaturated/α-hetero) is 1. The number of hydrogen-bond acceptors (Lipinski definition) is 1. The molecule has 18 heavy (non-hydrogen) atoms. The molecule has 1 heteroatoms. The van der Waals surface area contributed by atoms with Gasteiger partial charge < -0.3 is 0 Å². The molecular formula is C17H24O. The summed E-state index contributed by atoms with van der Waals surface area (Å²) >= 11 is 0. The zero-order valence-electron chi connectivity index (χ0n) is 12.1. The maximum Gasteiger partial charge on any atom is 0.163 e. The molecule has 0 radical (unpaired) electrons. The molecule has 1 nitrogen and oxygen atoms in total. The predicted octanol–water partition coefficient (Wildman–Crippen LogP) is 4.36. The summed E-state index contributed by atoms with van der Waals surface area (Å²) in [7, 11) is 0. The van der Waals surface area contributed by atoms with E-state index in [1.165, 1.54) is 16.7 Å². The van der Waals surface area contributed by atoms with Crippen LogP contribution in [0.25, 0.3) is 0 Å². The standard InChI is InChI=1S/C17H24O/c1-5-12-9-14-7-8-17(3,4)11-16(18)15(14)10-13(12)6-2/h9-10H,5-8,11H2,1-4H3. The summed E-state index contributed by atoms with van der Waals surface area (Å²) in [4.78, 5) is 12.4. The Morgan fingerprint density at radius 3 is 2.33 bits per heavy atom. The van der Waals surface area contributed by atoms with E-state index in [1.54, 1.807) is 0 Å². The molecule has 1 aromatic carbocycles. The third-order valence-corrected chi connectivity index (χ3v) is 4.20. The summed E-state index contributed by atoms with van der Waals surface area (Å²) in [5.74, 6) is 0.338. The highest BCUT2D eigenvalue weighted by atomic mass is 16.1. The summed E-state index contributed by atoms with van der Waals surface area (Å²) in [6.07, 6.45) is 4.93. The lowest BCUT2D eigenvalue weighted by atomic mass is 9.84. The molecule has 0 aromatic heterocycles. The minimum atomic E-state index is 0.148. The summed E-state index contributed by atoms with van der Waals surface area (Å²) in [6.45, 7) is 8.78. The van der Waals surface area contributed by atoms with E-state index in [0.717, 1.165) is 31.2 Å². The van der Waals surface area contributed by atoms with E-state index in [0.29, 0.717) is 12.2 Å². The van der Waals surface area contributed by atoms with Gasteiger partial charge in [-0.15, -0.1) is 0 Å². The molecule has 1 aliphatic carbocycles. The average molecular weight is 244 g/mol. The molecule has 1 aliphatic rings. The Morgan fingerprint density at radius 1 is 1.11 bits per heavy atom. The summed E-state index contributed by atoms with van der Waals surface area (Å²) < 4.78 is 0. The quantitative estimate of drug-likeness (QED) is 0.707. The van der Waals surface area contributed by atoms with Crippen LogP contribution in [0.4, 0.5) is 0 Å². The minimum absolute atomic E-state index is 0.148. The van der Waals surface area contributed by atoms with Gasteiger partial charge in [0.15, 0.2) is 5.78 Å². The fourth-order valence-corrected chi connectivity index (χ4v) is 2.96. The molecule has 98 valence electrons. The van der Waals surface area contributed by atoms with Crippen LogP contribution in [-0.2, 0) is 19.3 Å². The second-order valence-corrected chi connectivity index (χ2v) is 6.25. The molecule has 0 amide bonds. The third-order valence-electron chi connectivity index (χ3n) is 4.20. The van der Waals surface area contributed by atoms with Crippen LogP contribution in [0.3, 0.4) is 0 Å². The molecule has 0 unspecified atom stereocenters. The zero-order valence-corrected chi connectivity index (χ0v) is 12.1. The Kier molecular flexibility index (Phi) is 3.61. The van der Waals surface area contributed by atoms with Crippen LogP contribution >= 0.6 is 0 Å². The molecule has 0 aliphatic heterocycles. The molecule has 0 saturated heterocycles. The number of carbonyl (C=O) groups excluding carboxylic acids is 1. The van der Waals surface area contributed by atoms with Gasteiger partial charge in [-0.1, -0.05) is 33.8 Å². The molecule has 0 spiro atoms. The van der Waals surface area contributed by atoms with Gasteiger partial charge in [-0.25, -0.2) is 0 Å². The SMILES string of the molecule is CCc1cc2c(cc1CC)C(=O)CC(C)(C)CC2. The van der Waals surface area contributed by atoms with Crippen LogP contribution in [0.5, 0.6) is 0 Å². The molecule has 0 bridgehead atoms. The van der Waals surface area contributed by atoms with E-state index in [4.69, 9.17) is 0 Å². The summed E-state index contributed by atoms with van der Waals surface area (Å²) in [5, 5.41) is 0. The normalized spacial score (nSPS) is 18.3. The van der Waals surface area contributed by atoms with E-state index in [1.807, 2.05) is 0 Å². The molecular weight excluding hydrogens is 220 g/mol. The first-order valence-corrected chi connectivity index (χ1v) is 7.14. The lowest BCUT2D eigenvalue weighted by Gasteiger charge is -2.20. The highest BCUT2D eigenvalue weighted by Crippen LogP contribution is 2.34. The van der Waals surface area contributed by atoms with Crippen molar-refractivity contribution < 1.29 is 4.79 Å². The van der Waals surface area contributed by atoms with Crippen molar-refractivity contribution in [2.45, 2.75) is 59.8 Å². The number of fused-ring (bicyclic) bond motifs is 1. The lowest BCUT2D eigenvalue weighted by molar-refractivity contribution is 0.0934. The van der Waals surface area contributed by atoms with Gasteiger partial charge in [0.2, 0.25) is 0 Å². The zero-order chi connectivity index (χ0) is 13.3.